The Hall–Kier alpha value is -2.84. The monoisotopic (exact) mass is 829 g/mol. The van der Waals surface area contributed by atoms with Gasteiger partial charge in [-0.15, -0.1) is 29.1 Å². The Labute approximate surface area is 296 Å². The van der Waals surface area contributed by atoms with Crippen molar-refractivity contribution < 1.29 is 34.6 Å². The van der Waals surface area contributed by atoms with Gasteiger partial charge < -0.3 is 9.67 Å². The van der Waals surface area contributed by atoms with Gasteiger partial charge in [-0.2, -0.15) is 0 Å². The molecule has 4 aromatic rings. The summed E-state index contributed by atoms with van der Waals surface area (Å²) in [6, 6.07) is 24.4. The molecule has 1 unspecified atom stereocenters. The number of pyridine rings is 1. The summed E-state index contributed by atoms with van der Waals surface area (Å²) >= 11 is 0. The number of allylic oxidation sites excluding steroid dienone is 2. The van der Waals surface area contributed by atoms with E-state index >= 15 is 0 Å². The summed E-state index contributed by atoms with van der Waals surface area (Å²) in [6.07, 6.45) is 6.75. The number of fused-ring (bicyclic) bond motifs is 4. The zero-order valence-electron chi connectivity index (χ0n) is 29.5. The molecule has 1 aliphatic rings. The van der Waals surface area contributed by atoms with Crippen molar-refractivity contribution in [2.24, 2.45) is 11.8 Å². The van der Waals surface area contributed by atoms with Gasteiger partial charge in [0.2, 0.25) is 0 Å². The van der Waals surface area contributed by atoms with E-state index in [-0.39, 0.29) is 54.6 Å². The number of aliphatic hydroxyl groups excluding tert-OH is 1. The molecule has 47 heavy (non-hydrogen) atoms. The Morgan fingerprint density at radius 1 is 0.894 bits per heavy atom. The molecule has 0 spiro atoms. The van der Waals surface area contributed by atoms with Crippen molar-refractivity contribution in [2.75, 3.05) is 0 Å². The fourth-order valence-corrected chi connectivity index (χ4v) is 9.83. The van der Waals surface area contributed by atoms with Crippen LogP contribution in [-0.4, -0.2) is 21.5 Å². The first kappa shape index (κ1) is 38.6. The van der Waals surface area contributed by atoms with Gasteiger partial charge in [0.15, 0.2) is 5.78 Å². The molecule has 253 valence electrons. The van der Waals surface area contributed by atoms with Crippen molar-refractivity contribution in [1.29, 1.82) is 0 Å². The second-order valence-electron chi connectivity index (χ2n) is 13.7. The second-order valence-corrected chi connectivity index (χ2v) is 17.0. The molecule has 0 saturated heterocycles. The van der Waals surface area contributed by atoms with E-state index in [2.05, 4.69) is 71.0 Å². The van der Waals surface area contributed by atoms with Crippen LogP contribution in [0.2, 0.25) is 0 Å². The van der Waals surface area contributed by atoms with Crippen molar-refractivity contribution in [2.45, 2.75) is 99.1 Å². The van der Waals surface area contributed by atoms with Gasteiger partial charge in [0, 0.05) is 66.2 Å². The summed E-state index contributed by atoms with van der Waals surface area (Å²) in [5.74, 6) is 0.547. The zero-order valence-corrected chi connectivity index (χ0v) is 32.8. The molecule has 0 aliphatic carbocycles. The van der Waals surface area contributed by atoms with E-state index in [0.29, 0.717) is 0 Å². The number of hydrogen-bond acceptors (Lipinski definition) is 4. The van der Waals surface area contributed by atoms with E-state index in [4.69, 9.17) is 4.98 Å². The van der Waals surface area contributed by atoms with Crippen molar-refractivity contribution >= 4 is 34.3 Å². The standard InChI is InChI=1S/C28H27NOP.C13H24O2.Ir/c1-18(2)31(30)25-13-9-8-12-22(25)23-14-15-29-26(27(23)31)20-16-19-10-6-7-11-21(19)24(17-20)28(3,4)5;1-5-10(6-2)12(14)9-13(15)11(7-3)8-4;/h6-15,17-18H,1-5H3;9-11,14H,5-8H2,1-4H3;/q-1;;/b;12-9-;. The molecular formula is C41H51IrNO3P-. The number of carbonyl (C=O) groups is 1. The van der Waals surface area contributed by atoms with Gasteiger partial charge in [-0.05, 0) is 48.3 Å². The Morgan fingerprint density at radius 3 is 2.09 bits per heavy atom. The third kappa shape index (κ3) is 7.75. The number of rotatable bonds is 9. The fraction of sp³-hybridized carbons (Fsp3) is 0.415. The van der Waals surface area contributed by atoms with Gasteiger partial charge in [0.25, 0.3) is 0 Å². The quantitative estimate of drug-likeness (QED) is 0.0790. The van der Waals surface area contributed by atoms with Crippen molar-refractivity contribution in [3.63, 3.8) is 0 Å². The first-order valence-electron chi connectivity index (χ1n) is 16.9. The molecule has 0 bridgehead atoms. The molecule has 2 heterocycles. The minimum absolute atomic E-state index is 0. The molecule has 5 rings (SSSR count). The van der Waals surface area contributed by atoms with E-state index in [1.54, 1.807) is 0 Å². The first-order chi connectivity index (χ1) is 21.8. The molecule has 0 amide bonds. The SMILES string of the molecule is CC(C)P1(=O)c2ccccc2-c2ccnc(-c3[c-]c4ccccc4c(C(C)(C)C)c3)c21.CCC(CC)C(=O)/C=C(\O)C(CC)CC.[Ir]. The molecule has 1 aromatic heterocycles. The fourth-order valence-electron chi connectivity index (χ4n) is 6.61. The number of aromatic nitrogens is 1. The number of hydrogen-bond donors (Lipinski definition) is 1. The summed E-state index contributed by atoms with van der Waals surface area (Å²) in [5, 5.41) is 13.9. The largest absolute Gasteiger partial charge is 0.512 e. The van der Waals surface area contributed by atoms with Crippen molar-refractivity contribution in [3.05, 3.63) is 90.3 Å². The molecule has 1 atom stereocenters. The smallest absolute Gasteiger partial charge is 0.162 e. The Kier molecular flexibility index (Phi) is 13.2. The minimum Gasteiger partial charge on any atom is -0.512 e. The summed E-state index contributed by atoms with van der Waals surface area (Å²) in [6.45, 7) is 18.9. The van der Waals surface area contributed by atoms with Crippen LogP contribution >= 0.6 is 7.14 Å². The number of benzene rings is 3. The average molecular weight is 829 g/mol. The topological polar surface area (TPSA) is 67.3 Å². The predicted octanol–water partition coefficient (Wildman–Crippen LogP) is 10.6. The predicted molar refractivity (Wildman–Crippen MR) is 196 cm³/mol. The normalized spacial score (nSPS) is 15.7. The van der Waals surface area contributed by atoms with Crippen LogP contribution in [0.5, 0.6) is 0 Å². The molecule has 1 aliphatic heterocycles. The molecule has 0 fully saturated rings. The van der Waals surface area contributed by atoms with Gasteiger partial charge in [-0.3, -0.25) is 9.78 Å². The van der Waals surface area contributed by atoms with Crippen LogP contribution in [0.15, 0.2) is 78.7 Å². The maximum absolute atomic E-state index is 14.6. The Morgan fingerprint density at radius 2 is 1.49 bits per heavy atom. The molecule has 1 radical (unpaired) electrons. The van der Waals surface area contributed by atoms with Crippen LogP contribution in [-0.2, 0) is 34.9 Å². The van der Waals surface area contributed by atoms with E-state index in [0.717, 1.165) is 64.1 Å². The molecular weight excluding hydrogens is 778 g/mol. The third-order valence-electron chi connectivity index (χ3n) is 9.46. The molecule has 3 aromatic carbocycles. The van der Waals surface area contributed by atoms with Crippen LogP contribution < -0.4 is 10.6 Å². The maximum Gasteiger partial charge on any atom is 0.162 e. The van der Waals surface area contributed by atoms with E-state index in [9.17, 15) is 14.5 Å². The summed E-state index contributed by atoms with van der Waals surface area (Å²) in [4.78, 5) is 16.5. The van der Waals surface area contributed by atoms with E-state index in [1.165, 1.54) is 17.0 Å². The molecule has 6 heteroatoms. The van der Waals surface area contributed by atoms with Crippen molar-refractivity contribution in [1.82, 2.24) is 4.98 Å². The summed E-state index contributed by atoms with van der Waals surface area (Å²) < 4.78 is 14.6. The van der Waals surface area contributed by atoms with Gasteiger partial charge in [-0.25, -0.2) is 0 Å². The van der Waals surface area contributed by atoms with Crippen LogP contribution in [0.4, 0.5) is 0 Å². The van der Waals surface area contributed by atoms with Gasteiger partial charge in [0.05, 0.1) is 5.76 Å². The molecule has 4 nitrogen and oxygen atoms in total. The minimum atomic E-state index is -2.82. The number of nitrogens with zero attached hydrogens (tertiary/aromatic N) is 1. The van der Waals surface area contributed by atoms with Gasteiger partial charge >= 0.3 is 0 Å². The first-order valence-corrected chi connectivity index (χ1v) is 18.7. The van der Waals surface area contributed by atoms with E-state index in [1.807, 2.05) is 64.2 Å². The average Bonchev–Trinajstić information content (AvgIpc) is 3.31. The Balaban J connectivity index is 0.000000322. The second kappa shape index (κ2) is 16.0. The van der Waals surface area contributed by atoms with Crippen LogP contribution in [0.25, 0.3) is 33.2 Å². The van der Waals surface area contributed by atoms with Crippen LogP contribution in [0.1, 0.15) is 93.6 Å². The molecule has 0 saturated carbocycles. The molecule has 1 N–H and O–H groups in total. The van der Waals surface area contributed by atoms with Crippen LogP contribution in [0.3, 0.4) is 0 Å². The summed E-state index contributed by atoms with van der Waals surface area (Å²) in [5.41, 5.74) is 5.08. The van der Waals surface area contributed by atoms with Gasteiger partial charge in [0.1, 0.15) is 7.14 Å². The van der Waals surface area contributed by atoms with E-state index < -0.39 is 7.14 Å². The van der Waals surface area contributed by atoms with Crippen LogP contribution in [0, 0.1) is 17.9 Å². The van der Waals surface area contributed by atoms with Gasteiger partial charge in [-0.1, -0.05) is 116 Å². The third-order valence-corrected chi connectivity index (χ3v) is 13.1. The summed E-state index contributed by atoms with van der Waals surface area (Å²) in [7, 11) is -2.82. The van der Waals surface area contributed by atoms with Crippen molar-refractivity contribution in [3.8, 4) is 22.4 Å². The zero-order chi connectivity index (χ0) is 33.8. The number of carbonyl (C=O) groups excluding carboxylic acids is 1. The maximum atomic E-state index is 14.6. The number of ketones is 1. The Bertz CT molecular complexity index is 1780. The number of aliphatic hydroxyl groups is 1.